The molecule has 7 heteroatoms. The molecule has 34 heavy (non-hydrogen) atoms. The predicted molar refractivity (Wildman–Crippen MR) is 131 cm³/mol. The molecule has 2 aromatic rings. The summed E-state index contributed by atoms with van der Waals surface area (Å²) in [4.78, 5) is 29.9. The molecule has 1 amide bonds. The molecule has 0 saturated carbocycles. The quantitative estimate of drug-likeness (QED) is 0.550. The van der Waals surface area contributed by atoms with Gasteiger partial charge in [0, 0.05) is 34.9 Å². The summed E-state index contributed by atoms with van der Waals surface area (Å²) in [5.41, 5.74) is 4.10. The van der Waals surface area contributed by atoms with Gasteiger partial charge in [0.2, 0.25) is 5.91 Å². The van der Waals surface area contributed by atoms with Crippen LogP contribution in [0.1, 0.15) is 72.4 Å². The highest BCUT2D eigenvalue weighted by Gasteiger charge is 2.41. The molecule has 176 valence electrons. The topological polar surface area (TPSA) is 79.6 Å². The van der Waals surface area contributed by atoms with Crippen molar-refractivity contribution in [2.75, 3.05) is 19.1 Å². The molecule has 1 aliphatic heterocycles. The van der Waals surface area contributed by atoms with E-state index in [1.165, 1.54) is 11.3 Å². The number of anilines is 1. The number of carbonyl (C=O) groups is 2. The number of ether oxygens (including phenoxy) is 2. The van der Waals surface area contributed by atoms with Crippen LogP contribution < -0.4 is 14.4 Å². The zero-order chi connectivity index (χ0) is 23.8. The van der Waals surface area contributed by atoms with Crippen LogP contribution >= 0.6 is 11.3 Å². The van der Waals surface area contributed by atoms with Gasteiger partial charge in [-0.3, -0.25) is 14.5 Å². The fourth-order valence-electron chi connectivity index (χ4n) is 5.58. The van der Waals surface area contributed by atoms with Crippen LogP contribution in [0.3, 0.4) is 0 Å². The molecular formula is C27H28N2O4S. The fraction of sp³-hybridized carbons (Fsp3) is 0.444. The van der Waals surface area contributed by atoms with Crippen LogP contribution in [0.4, 0.5) is 5.00 Å². The van der Waals surface area contributed by atoms with E-state index in [0.717, 1.165) is 42.5 Å². The molecule has 1 atom stereocenters. The van der Waals surface area contributed by atoms with Crippen LogP contribution in [-0.2, 0) is 22.4 Å². The molecule has 5 rings (SSSR count). The highest BCUT2D eigenvalue weighted by molar-refractivity contribution is 7.16. The van der Waals surface area contributed by atoms with E-state index >= 15 is 0 Å². The van der Waals surface area contributed by atoms with Crippen LogP contribution in [0.15, 0.2) is 29.5 Å². The number of Topliss-reactive ketones (excluding diaryl/α,β-unsaturated/α-hetero) is 1. The van der Waals surface area contributed by atoms with Gasteiger partial charge in [-0.2, -0.15) is 5.26 Å². The first-order chi connectivity index (χ1) is 16.6. The number of carbonyl (C=O) groups excluding carboxylic acids is 2. The lowest BCUT2D eigenvalue weighted by Gasteiger charge is -2.38. The summed E-state index contributed by atoms with van der Waals surface area (Å²) >= 11 is 1.58. The van der Waals surface area contributed by atoms with Gasteiger partial charge in [-0.15, -0.1) is 11.3 Å². The maximum atomic E-state index is 13.7. The molecule has 0 N–H and O–H groups in total. The number of hydrogen-bond donors (Lipinski definition) is 0. The molecular weight excluding hydrogens is 448 g/mol. The number of allylic oxidation sites excluding steroid dienone is 2. The minimum Gasteiger partial charge on any atom is -0.493 e. The third-order valence-electron chi connectivity index (χ3n) is 7.20. The number of benzene rings is 1. The summed E-state index contributed by atoms with van der Waals surface area (Å²) in [6.07, 6.45) is 7.23. The summed E-state index contributed by atoms with van der Waals surface area (Å²) in [5, 5.41) is 10.8. The number of ketones is 1. The van der Waals surface area contributed by atoms with Gasteiger partial charge in [-0.1, -0.05) is 12.5 Å². The van der Waals surface area contributed by atoms with Crippen molar-refractivity contribution < 1.29 is 19.1 Å². The molecule has 0 radical (unpaired) electrons. The van der Waals surface area contributed by atoms with E-state index in [0.29, 0.717) is 46.9 Å². The number of methoxy groups -OCH3 is 2. The summed E-state index contributed by atoms with van der Waals surface area (Å²) in [7, 11) is 3.16. The first-order valence-corrected chi connectivity index (χ1v) is 12.7. The zero-order valence-corrected chi connectivity index (χ0v) is 20.4. The zero-order valence-electron chi connectivity index (χ0n) is 19.6. The van der Waals surface area contributed by atoms with Gasteiger partial charge in [0.25, 0.3) is 0 Å². The Morgan fingerprint density at radius 1 is 1.00 bits per heavy atom. The van der Waals surface area contributed by atoms with Crippen molar-refractivity contribution in [3.63, 3.8) is 0 Å². The Balaban J connectivity index is 1.64. The Morgan fingerprint density at radius 2 is 1.79 bits per heavy atom. The number of amides is 1. The van der Waals surface area contributed by atoms with Crippen LogP contribution in [0.5, 0.6) is 11.5 Å². The van der Waals surface area contributed by atoms with Crippen molar-refractivity contribution in [2.24, 2.45) is 0 Å². The Morgan fingerprint density at radius 3 is 2.56 bits per heavy atom. The SMILES string of the molecule is COc1ccc([C@H]2CC(=O)N(c3sc4c(c3C#N)CCCCC4)C3=C2C(=O)CCC3)cc1OC. The molecule has 6 nitrogen and oxygen atoms in total. The molecule has 1 aromatic carbocycles. The van der Waals surface area contributed by atoms with E-state index in [-0.39, 0.29) is 24.0 Å². The lowest BCUT2D eigenvalue weighted by molar-refractivity contribution is -0.119. The first-order valence-electron chi connectivity index (χ1n) is 11.9. The van der Waals surface area contributed by atoms with Crippen LogP contribution in [0.2, 0.25) is 0 Å². The number of nitrogens with zero attached hydrogens (tertiary/aromatic N) is 2. The Hall–Kier alpha value is -3.11. The second kappa shape index (κ2) is 9.27. The highest BCUT2D eigenvalue weighted by atomic mass is 32.1. The van der Waals surface area contributed by atoms with Crippen molar-refractivity contribution in [2.45, 2.75) is 63.7 Å². The fourth-order valence-corrected chi connectivity index (χ4v) is 6.97. The number of aryl methyl sites for hydroxylation is 1. The summed E-state index contributed by atoms with van der Waals surface area (Å²) in [6.45, 7) is 0. The van der Waals surface area contributed by atoms with Crippen LogP contribution in [-0.4, -0.2) is 25.9 Å². The van der Waals surface area contributed by atoms with Gasteiger partial charge < -0.3 is 9.47 Å². The van der Waals surface area contributed by atoms with Gasteiger partial charge in [-0.25, -0.2) is 0 Å². The maximum Gasteiger partial charge on any atom is 0.232 e. The summed E-state index contributed by atoms with van der Waals surface area (Å²) in [5.74, 6) is 0.901. The van der Waals surface area contributed by atoms with E-state index in [1.807, 2.05) is 18.2 Å². The van der Waals surface area contributed by atoms with E-state index < -0.39 is 0 Å². The van der Waals surface area contributed by atoms with Crippen molar-refractivity contribution in [3.8, 4) is 17.6 Å². The monoisotopic (exact) mass is 476 g/mol. The Kier molecular flexibility index (Phi) is 6.18. The number of fused-ring (bicyclic) bond motifs is 1. The molecule has 0 saturated heterocycles. The second-order valence-electron chi connectivity index (χ2n) is 9.09. The molecule has 2 aliphatic carbocycles. The van der Waals surface area contributed by atoms with Crippen molar-refractivity contribution in [1.82, 2.24) is 0 Å². The minimum absolute atomic E-state index is 0.0545. The Labute approximate surface area is 203 Å². The van der Waals surface area contributed by atoms with Crippen LogP contribution in [0.25, 0.3) is 0 Å². The predicted octanol–water partition coefficient (Wildman–Crippen LogP) is 5.43. The number of hydrogen-bond acceptors (Lipinski definition) is 6. The third-order valence-corrected chi connectivity index (χ3v) is 8.48. The van der Waals surface area contributed by atoms with E-state index in [9.17, 15) is 14.9 Å². The van der Waals surface area contributed by atoms with E-state index in [2.05, 4.69) is 6.07 Å². The number of thiophene rings is 1. The molecule has 1 aromatic heterocycles. The maximum absolute atomic E-state index is 13.7. The number of rotatable bonds is 4. The van der Waals surface area contributed by atoms with Crippen LogP contribution in [0, 0.1) is 11.3 Å². The van der Waals surface area contributed by atoms with Gasteiger partial charge in [-0.05, 0) is 61.8 Å². The van der Waals surface area contributed by atoms with Crippen molar-refractivity contribution >= 4 is 28.0 Å². The lowest BCUT2D eigenvalue weighted by Crippen LogP contribution is -2.40. The smallest absolute Gasteiger partial charge is 0.232 e. The molecule has 0 spiro atoms. The average molecular weight is 477 g/mol. The van der Waals surface area contributed by atoms with Gasteiger partial charge >= 0.3 is 0 Å². The van der Waals surface area contributed by atoms with Crippen molar-refractivity contribution in [3.05, 3.63) is 51.0 Å². The molecule has 0 unspecified atom stereocenters. The molecule has 2 heterocycles. The molecule has 0 bridgehead atoms. The number of nitriles is 1. The largest absolute Gasteiger partial charge is 0.493 e. The van der Waals surface area contributed by atoms with Gasteiger partial charge in [0.1, 0.15) is 11.1 Å². The summed E-state index contributed by atoms with van der Waals surface area (Å²) < 4.78 is 10.8. The second-order valence-corrected chi connectivity index (χ2v) is 10.2. The van der Waals surface area contributed by atoms with E-state index in [4.69, 9.17) is 9.47 Å². The Bertz CT molecular complexity index is 1240. The molecule has 3 aliphatic rings. The standard InChI is InChI=1S/C27H28N2O4S/c1-32-22-12-11-16(13-23(22)33-2)18-14-25(31)29(20-8-6-9-21(30)26(18)20)27-19(15-28)17-7-4-3-5-10-24(17)34-27/h11-13,18H,3-10,14H2,1-2H3/t18-/m1/s1. The van der Waals surface area contributed by atoms with E-state index in [1.54, 1.807) is 30.5 Å². The minimum atomic E-state index is -0.324. The first kappa shape index (κ1) is 22.7. The highest BCUT2D eigenvalue weighted by Crippen LogP contribution is 2.48. The van der Waals surface area contributed by atoms with Gasteiger partial charge in [0.15, 0.2) is 17.3 Å². The lowest BCUT2D eigenvalue weighted by atomic mass is 9.77. The van der Waals surface area contributed by atoms with Crippen molar-refractivity contribution in [1.29, 1.82) is 5.26 Å². The average Bonchev–Trinajstić information content (AvgIpc) is 3.02. The summed E-state index contributed by atoms with van der Waals surface area (Å²) in [6, 6.07) is 8.01. The molecule has 0 fully saturated rings. The van der Waals surface area contributed by atoms with Gasteiger partial charge in [0.05, 0.1) is 19.8 Å². The third kappa shape index (κ3) is 3.70. The normalized spacial score (nSPS) is 20.4.